The number of nitrogens with two attached hydrogens (primary N) is 1. The molecule has 1 unspecified atom stereocenters. The minimum absolute atomic E-state index is 0. The molecule has 1 atom stereocenters. The molecule has 8 heteroatoms. The molecule has 27 heavy (non-hydrogen) atoms. The van der Waals surface area contributed by atoms with Crippen LogP contribution in [0.4, 0.5) is 5.69 Å². The second kappa shape index (κ2) is 9.21. The molecular formula is C19H26ClN3O3S. The number of hydrogen-bond acceptors (Lipinski definition) is 4. The van der Waals surface area contributed by atoms with Gasteiger partial charge in [0.25, 0.3) is 15.9 Å². The second-order valence-corrected chi connectivity index (χ2v) is 8.11. The predicted octanol–water partition coefficient (Wildman–Crippen LogP) is 2.95. The van der Waals surface area contributed by atoms with Crippen molar-refractivity contribution in [3.63, 3.8) is 0 Å². The van der Waals surface area contributed by atoms with E-state index >= 15 is 0 Å². The van der Waals surface area contributed by atoms with E-state index in [1.54, 1.807) is 44.3 Å². The van der Waals surface area contributed by atoms with Crippen molar-refractivity contribution in [2.75, 3.05) is 18.3 Å². The summed E-state index contributed by atoms with van der Waals surface area (Å²) in [7, 11) is -2.07. The second-order valence-electron chi connectivity index (χ2n) is 6.46. The van der Waals surface area contributed by atoms with Gasteiger partial charge in [-0.3, -0.25) is 9.52 Å². The van der Waals surface area contributed by atoms with Crippen LogP contribution in [0.1, 0.15) is 28.4 Å². The Bertz CT molecular complexity index is 916. The molecule has 0 aliphatic carbocycles. The molecule has 0 fully saturated rings. The first-order valence-corrected chi connectivity index (χ1v) is 9.81. The summed E-state index contributed by atoms with van der Waals surface area (Å²) in [6.07, 6.45) is 0. The monoisotopic (exact) mass is 411 g/mol. The Morgan fingerprint density at radius 2 is 1.85 bits per heavy atom. The van der Waals surface area contributed by atoms with Gasteiger partial charge in [0.1, 0.15) is 0 Å². The predicted molar refractivity (Wildman–Crippen MR) is 111 cm³/mol. The van der Waals surface area contributed by atoms with Crippen LogP contribution in [0.25, 0.3) is 0 Å². The Morgan fingerprint density at radius 1 is 1.19 bits per heavy atom. The van der Waals surface area contributed by atoms with Crippen LogP contribution in [-0.4, -0.2) is 38.9 Å². The smallest absolute Gasteiger partial charge is 0.262 e. The topological polar surface area (TPSA) is 92.5 Å². The normalized spacial score (nSPS) is 12.0. The Kier molecular flexibility index (Phi) is 7.83. The van der Waals surface area contributed by atoms with Gasteiger partial charge in [-0.2, -0.15) is 0 Å². The van der Waals surface area contributed by atoms with Crippen LogP contribution in [0.5, 0.6) is 0 Å². The molecule has 6 nitrogen and oxygen atoms in total. The van der Waals surface area contributed by atoms with Gasteiger partial charge in [0.2, 0.25) is 0 Å². The van der Waals surface area contributed by atoms with Crippen molar-refractivity contribution >= 4 is 34.0 Å². The Labute approximate surface area is 167 Å². The van der Waals surface area contributed by atoms with Crippen molar-refractivity contribution in [1.29, 1.82) is 0 Å². The molecule has 2 aromatic carbocycles. The first-order chi connectivity index (χ1) is 12.2. The lowest BCUT2D eigenvalue weighted by atomic mass is 10.1. The summed E-state index contributed by atoms with van der Waals surface area (Å²) >= 11 is 0. The minimum atomic E-state index is -3.75. The van der Waals surface area contributed by atoms with E-state index < -0.39 is 10.0 Å². The molecule has 0 heterocycles. The highest BCUT2D eigenvalue weighted by Gasteiger charge is 2.20. The fraction of sp³-hybridized carbons (Fsp3) is 0.316. The van der Waals surface area contributed by atoms with Crippen LogP contribution in [0.2, 0.25) is 0 Å². The average molecular weight is 412 g/mol. The zero-order valence-electron chi connectivity index (χ0n) is 15.9. The first-order valence-electron chi connectivity index (χ1n) is 8.33. The fourth-order valence-electron chi connectivity index (χ4n) is 2.48. The van der Waals surface area contributed by atoms with Crippen LogP contribution in [0.3, 0.4) is 0 Å². The third-order valence-corrected chi connectivity index (χ3v) is 5.84. The number of likely N-dealkylation sites (N-methyl/N-ethyl adjacent to an activating group) is 1. The molecule has 1 amide bonds. The van der Waals surface area contributed by atoms with Crippen molar-refractivity contribution in [3.8, 4) is 0 Å². The van der Waals surface area contributed by atoms with Crippen molar-refractivity contribution in [2.24, 2.45) is 5.73 Å². The van der Waals surface area contributed by atoms with E-state index in [2.05, 4.69) is 4.72 Å². The van der Waals surface area contributed by atoms with Gasteiger partial charge in [0.15, 0.2) is 0 Å². The zero-order valence-corrected chi connectivity index (χ0v) is 17.5. The Balaban J connectivity index is 0.00000364. The highest BCUT2D eigenvalue weighted by molar-refractivity contribution is 7.92. The van der Waals surface area contributed by atoms with Crippen molar-refractivity contribution in [2.45, 2.75) is 31.7 Å². The molecule has 0 saturated heterocycles. The van der Waals surface area contributed by atoms with Gasteiger partial charge in [0.05, 0.1) is 4.90 Å². The molecule has 0 radical (unpaired) electrons. The molecule has 0 aromatic heterocycles. The van der Waals surface area contributed by atoms with E-state index in [1.165, 1.54) is 11.0 Å². The SMILES string of the molecule is Cc1ccc(C)c(S(=O)(=O)Nc2cccc(C(=O)N(C)C(C)CN)c2)c1.Cl. The molecule has 2 rings (SSSR count). The summed E-state index contributed by atoms with van der Waals surface area (Å²) in [4.78, 5) is 14.3. The van der Waals surface area contributed by atoms with Crippen LogP contribution >= 0.6 is 12.4 Å². The number of nitrogens with one attached hydrogen (secondary N) is 1. The van der Waals surface area contributed by atoms with Gasteiger partial charge in [-0.05, 0) is 56.2 Å². The van der Waals surface area contributed by atoms with Crippen LogP contribution in [0.15, 0.2) is 47.4 Å². The van der Waals surface area contributed by atoms with Gasteiger partial charge >= 0.3 is 0 Å². The third kappa shape index (κ3) is 5.45. The van der Waals surface area contributed by atoms with E-state index in [1.807, 2.05) is 19.9 Å². The summed E-state index contributed by atoms with van der Waals surface area (Å²) in [6, 6.07) is 11.6. The molecule has 2 aromatic rings. The number of benzene rings is 2. The molecule has 0 spiro atoms. The van der Waals surface area contributed by atoms with E-state index in [0.717, 1.165) is 5.56 Å². The zero-order chi connectivity index (χ0) is 19.5. The molecule has 0 bridgehead atoms. The highest BCUT2D eigenvalue weighted by atomic mass is 35.5. The van der Waals surface area contributed by atoms with Gasteiger partial charge in [-0.15, -0.1) is 12.4 Å². The summed E-state index contributed by atoms with van der Waals surface area (Å²) in [5, 5.41) is 0. The maximum atomic E-state index is 12.7. The van der Waals surface area contributed by atoms with E-state index in [0.29, 0.717) is 23.4 Å². The maximum Gasteiger partial charge on any atom is 0.262 e. The van der Waals surface area contributed by atoms with Gasteiger partial charge in [-0.1, -0.05) is 18.2 Å². The molecule has 0 saturated carbocycles. The standard InChI is InChI=1S/C19H25N3O3S.ClH/c1-13-8-9-14(2)18(10-13)26(24,25)21-17-7-5-6-16(11-17)19(23)22(4)15(3)12-20;/h5-11,15,21H,12,20H2,1-4H3;1H. The number of sulfonamides is 1. The van der Waals surface area contributed by atoms with Gasteiger partial charge in [0, 0.05) is 30.9 Å². The van der Waals surface area contributed by atoms with Crippen LogP contribution in [-0.2, 0) is 10.0 Å². The van der Waals surface area contributed by atoms with Gasteiger partial charge in [-0.25, -0.2) is 8.42 Å². The van der Waals surface area contributed by atoms with Crippen LogP contribution in [0, 0.1) is 13.8 Å². The Morgan fingerprint density at radius 3 is 2.48 bits per heavy atom. The largest absolute Gasteiger partial charge is 0.338 e. The minimum Gasteiger partial charge on any atom is -0.338 e. The van der Waals surface area contributed by atoms with Crippen molar-refractivity contribution in [3.05, 3.63) is 59.2 Å². The van der Waals surface area contributed by atoms with Crippen LogP contribution < -0.4 is 10.5 Å². The van der Waals surface area contributed by atoms with Gasteiger partial charge < -0.3 is 10.6 Å². The lowest BCUT2D eigenvalue weighted by Crippen LogP contribution is -2.39. The third-order valence-electron chi connectivity index (χ3n) is 4.32. The van der Waals surface area contributed by atoms with Crippen molar-refractivity contribution < 1.29 is 13.2 Å². The van der Waals surface area contributed by atoms with E-state index in [9.17, 15) is 13.2 Å². The molecule has 0 aliphatic heterocycles. The molecular weight excluding hydrogens is 386 g/mol. The summed E-state index contributed by atoms with van der Waals surface area (Å²) in [6.45, 7) is 5.79. The lowest BCUT2D eigenvalue weighted by molar-refractivity contribution is 0.0748. The number of hydrogen-bond donors (Lipinski definition) is 2. The Hall–Kier alpha value is -2.09. The van der Waals surface area contributed by atoms with Crippen molar-refractivity contribution in [1.82, 2.24) is 4.90 Å². The number of rotatable bonds is 6. The number of carbonyl (C=O) groups is 1. The number of nitrogens with zero attached hydrogens (tertiary/aromatic N) is 1. The number of halogens is 1. The van der Waals surface area contributed by atoms with E-state index in [-0.39, 0.29) is 29.3 Å². The molecule has 0 aliphatic rings. The lowest BCUT2D eigenvalue weighted by Gasteiger charge is -2.24. The summed E-state index contributed by atoms with van der Waals surface area (Å²) in [5.41, 5.74) is 7.86. The molecule has 3 N–H and O–H groups in total. The number of carbonyl (C=O) groups excluding carboxylic acids is 1. The van der Waals surface area contributed by atoms with E-state index in [4.69, 9.17) is 5.73 Å². The number of amides is 1. The number of aryl methyl sites for hydroxylation is 2. The molecule has 148 valence electrons. The highest BCUT2D eigenvalue weighted by Crippen LogP contribution is 2.21. The summed E-state index contributed by atoms with van der Waals surface area (Å²) < 4.78 is 28.0. The average Bonchev–Trinajstić information content (AvgIpc) is 2.61. The first kappa shape index (κ1) is 23.0. The summed E-state index contributed by atoms with van der Waals surface area (Å²) in [5.74, 6) is -0.212. The fourth-order valence-corrected chi connectivity index (χ4v) is 3.86. The quantitative estimate of drug-likeness (QED) is 0.764. The number of anilines is 1. The maximum absolute atomic E-state index is 12.7.